The van der Waals surface area contributed by atoms with Gasteiger partial charge >= 0.3 is 0 Å². The molecule has 172 valence electrons. The summed E-state index contributed by atoms with van der Waals surface area (Å²) in [4.78, 5) is 30.0. The molecule has 0 aliphatic carbocycles. The lowest BCUT2D eigenvalue weighted by molar-refractivity contribution is -0.135. The molecule has 3 aromatic rings. The third-order valence-electron chi connectivity index (χ3n) is 6.03. The van der Waals surface area contributed by atoms with Gasteiger partial charge in [0.25, 0.3) is 5.91 Å². The van der Waals surface area contributed by atoms with Gasteiger partial charge in [0.2, 0.25) is 5.91 Å². The van der Waals surface area contributed by atoms with Crippen molar-refractivity contribution in [2.24, 2.45) is 0 Å². The molecule has 7 heteroatoms. The highest BCUT2D eigenvalue weighted by Crippen LogP contribution is 2.34. The van der Waals surface area contributed by atoms with E-state index in [-0.39, 0.29) is 36.0 Å². The molecule has 2 aromatic carbocycles. The maximum atomic E-state index is 13.7. The monoisotopic (exact) mass is 449 g/mol. The van der Waals surface area contributed by atoms with E-state index in [1.165, 1.54) is 23.1 Å². The number of rotatable bonds is 6. The Kier molecular flexibility index (Phi) is 6.49. The van der Waals surface area contributed by atoms with E-state index in [9.17, 15) is 14.0 Å². The second-order valence-electron chi connectivity index (χ2n) is 8.43. The second kappa shape index (κ2) is 9.48. The van der Waals surface area contributed by atoms with Crippen LogP contribution in [0.15, 0.2) is 66.9 Å². The summed E-state index contributed by atoms with van der Waals surface area (Å²) in [6.45, 7) is 4.81. The van der Waals surface area contributed by atoms with Gasteiger partial charge in [0, 0.05) is 36.6 Å². The molecule has 0 fully saturated rings. The molecule has 0 bridgehead atoms. The van der Waals surface area contributed by atoms with Gasteiger partial charge in [0.15, 0.2) is 0 Å². The molecule has 2 heterocycles. The highest BCUT2D eigenvalue weighted by atomic mass is 19.1. The van der Waals surface area contributed by atoms with Gasteiger partial charge in [-0.1, -0.05) is 18.2 Å². The number of aromatic nitrogens is 1. The van der Waals surface area contributed by atoms with Crippen molar-refractivity contribution >= 4 is 11.8 Å². The van der Waals surface area contributed by atoms with Gasteiger partial charge in [0.05, 0.1) is 13.2 Å². The minimum atomic E-state index is -0.481. The maximum absolute atomic E-state index is 13.7. The minimum absolute atomic E-state index is 0.0891. The lowest BCUT2D eigenvalue weighted by Crippen LogP contribution is -2.49. The van der Waals surface area contributed by atoms with Gasteiger partial charge in [0.1, 0.15) is 18.1 Å². The van der Waals surface area contributed by atoms with Crippen molar-refractivity contribution in [3.8, 4) is 5.75 Å². The molecule has 1 aliphatic heterocycles. The number of methoxy groups -OCH3 is 1. The topological polar surface area (TPSA) is 54.8 Å². The molecule has 1 aromatic heterocycles. The van der Waals surface area contributed by atoms with Crippen LogP contribution in [0.2, 0.25) is 0 Å². The summed E-state index contributed by atoms with van der Waals surface area (Å²) in [6, 6.07) is 16.7. The molecular formula is C26H28FN3O3. The molecule has 4 rings (SSSR count). The zero-order chi connectivity index (χ0) is 23.5. The van der Waals surface area contributed by atoms with Crippen molar-refractivity contribution in [3.63, 3.8) is 0 Å². The van der Waals surface area contributed by atoms with Crippen LogP contribution in [0.1, 0.15) is 41.5 Å². The van der Waals surface area contributed by atoms with E-state index in [2.05, 4.69) is 4.57 Å². The number of ether oxygens (including phenoxy) is 1. The quantitative estimate of drug-likeness (QED) is 0.569. The van der Waals surface area contributed by atoms with E-state index in [4.69, 9.17) is 4.74 Å². The van der Waals surface area contributed by atoms with E-state index in [1.807, 2.05) is 61.3 Å². The van der Waals surface area contributed by atoms with Crippen molar-refractivity contribution in [1.82, 2.24) is 14.4 Å². The van der Waals surface area contributed by atoms with Crippen LogP contribution in [0, 0.1) is 5.82 Å². The Bertz CT molecular complexity index is 1160. The summed E-state index contributed by atoms with van der Waals surface area (Å²) < 4.78 is 21.2. The maximum Gasteiger partial charge on any atom is 0.254 e. The Labute approximate surface area is 193 Å². The fraction of sp³-hybridized carbons (Fsp3) is 0.308. The van der Waals surface area contributed by atoms with Gasteiger partial charge in [-0.3, -0.25) is 9.59 Å². The Hall–Kier alpha value is -3.61. The summed E-state index contributed by atoms with van der Waals surface area (Å²) in [5, 5.41) is 0. The molecule has 2 amide bonds. The standard InChI is InChI=1S/C26H28FN3O3/c1-18(2)30(26(32)20-8-4-9-21(27)15-20)17-24(31)29-14-13-28-12-6-11-23(28)25(29)19-7-5-10-22(16-19)33-3/h4-12,15-16,18,25H,13-14,17H2,1-3H3/t25-/m1/s1. The van der Waals surface area contributed by atoms with Crippen molar-refractivity contribution in [3.05, 3.63) is 89.5 Å². The van der Waals surface area contributed by atoms with Crippen LogP contribution in [-0.2, 0) is 11.3 Å². The predicted molar refractivity (Wildman–Crippen MR) is 124 cm³/mol. The average molecular weight is 450 g/mol. The number of carbonyl (C=O) groups is 2. The Morgan fingerprint density at radius 2 is 1.88 bits per heavy atom. The fourth-order valence-electron chi connectivity index (χ4n) is 4.33. The van der Waals surface area contributed by atoms with E-state index in [0.717, 1.165) is 11.3 Å². The van der Waals surface area contributed by atoms with E-state index in [0.29, 0.717) is 18.8 Å². The molecule has 0 radical (unpaired) electrons. The zero-order valence-electron chi connectivity index (χ0n) is 19.1. The molecule has 6 nitrogen and oxygen atoms in total. The van der Waals surface area contributed by atoms with Crippen LogP contribution in [0.4, 0.5) is 4.39 Å². The smallest absolute Gasteiger partial charge is 0.254 e. The lowest BCUT2D eigenvalue weighted by Gasteiger charge is -2.39. The van der Waals surface area contributed by atoms with E-state index >= 15 is 0 Å². The summed E-state index contributed by atoms with van der Waals surface area (Å²) >= 11 is 0. The normalized spacial score (nSPS) is 15.3. The molecule has 1 aliphatic rings. The Morgan fingerprint density at radius 1 is 1.09 bits per heavy atom. The van der Waals surface area contributed by atoms with Gasteiger partial charge in [-0.25, -0.2) is 4.39 Å². The highest BCUT2D eigenvalue weighted by molar-refractivity contribution is 5.96. The number of hydrogen-bond donors (Lipinski definition) is 0. The fourth-order valence-corrected chi connectivity index (χ4v) is 4.33. The first-order valence-electron chi connectivity index (χ1n) is 11.0. The van der Waals surface area contributed by atoms with Crippen LogP contribution < -0.4 is 4.74 Å². The van der Waals surface area contributed by atoms with Crippen LogP contribution in [0.3, 0.4) is 0 Å². The van der Waals surface area contributed by atoms with Crippen LogP contribution in [0.5, 0.6) is 5.75 Å². The van der Waals surface area contributed by atoms with Gasteiger partial charge in [-0.05, 0) is 61.9 Å². The SMILES string of the molecule is COc1cccc([C@@H]2c3cccn3CCN2C(=O)CN(C(=O)c2cccc(F)c2)C(C)C)c1. The molecular weight excluding hydrogens is 421 g/mol. The first-order chi connectivity index (χ1) is 15.9. The largest absolute Gasteiger partial charge is 0.497 e. The van der Waals surface area contributed by atoms with Gasteiger partial charge in [-0.2, -0.15) is 0 Å². The Morgan fingerprint density at radius 3 is 2.61 bits per heavy atom. The molecule has 0 saturated heterocycles. The van der Waals surface area contributed by atoms with E-state index < -0.39 is 5.82 Å². The first kappa shape index (κ1) is 22.6. The van der Waals surface area contributed by atoms with Crippen LogP contribution >= 0.6 is 0 Å². The predicted octanol–water partition coefficient (Wildman–Crippen LogP) is 4.12. The first-order valence-corrected chi connectivity index (χ1v) is 11.0. The molecule has 1 atom stereocenters. The molecule has 33 heavy (non-hydrogen) atoms. The number of amides is 2. The number of carbonyl (C=O) groups excluding carboxylic acids is 2. The molecule has 0 unspecified atom stereocenters. The van der Waals surface area contributed by atoms with Gasteiger partial charge < -0.3 is 19.1 Å². The molecule has 0 N–H and O–H groups in total. The number of fused-ring (bicyclic) bond motifs is 1. The number of halogens is 1. The highest BCUT2D eigenvalue weighted by Gasteiger charge is 2.34. The molecule has 0 spiro atoms. The number of hydrogen-bond acceptors (Lipinski definition) is 3. The summed E-state index contributed by atoms with van der Waals surface area (Å²) in [7, 11) is 1.62. The van der Waals surface area contributed by atoms with Crippen molar-refractivity contribution in [2.45, 2.75) is 32.5 Å². The summed E-state index contributed by atoms with van der Waals surface area (Å²) in [5.41, 5.74) is 2.18. The number of benzene rings is 2. The van der Waals surface area contributed by atoms with Crippen LogP contribution in [0.25, 0.3) is 0 Å². The van der Waals surface area contributed by atoms with Crippen molar-refractivity contribution < 1.29 is 18.7 Å². The third-order valence-corrected chi connectivity index (χ3v) is 6.03. The summed E-state index contributed by atoms with van der Waals surface area (Å²) in [6.07, 6.45) is 2.01. The lowest BCUT2D eigenvalue weighted by atomic mass is 9.99. The molecule has 0 saturated carbocycles. The summed E-state index contributed by atoms with van der Waals surface area (Å²) in [5.74, 6) is -0.288. The zero-order valence-corrected chi connectivity index (χ0v) is 19.1. The second-order valence-corrected chi connectivity index (χ2v) is 8.43. The Balaban J connectivity index is 1.64. The average Bonchev–Trinajstić information content (AvgIpc) is 3.30. The van der Waals surface area contributed by atoms with Crippen molar-refractivity contribution in [2.75, 3.05) is 20.2 Å². The van der Waals surface area contributed by atoms with Crippen LogP contribution in [-0.4, -0.2) is 52.4 Å². The third kappa shape index (κ3) is 4.62. The van der Waals surface area contributed by atoms with Gasteiger partial charge in [-0.15, -0.1) is 0 Å². The number of nitrogens with zero attached hydrogens (tertiary/aromatic N) is 3. The van der Waals surface area contributed by atoms with E-state index in [1.54, 1.807) is 13.2 Å². The van der Waals surface area contributed by atoms with Crippen molar-refractivity contribution in [1.29, 1.82) is 0 Å². The minimum Gasteiger partial charge on any atom is -0.497 e.